The quantitative estimate of drug-likeness (QED) is 0.821. The second-order valence-corrected chi connectivity index (χ2v) is 4.08. The normalized spacial score (nSPS) is 18.7. The second kappa shape index (κ2) is 3.12. The van der Waals surface area contributed by atoms with Gasteiger partial charge < -0.3 is 5.32 Å². The zero-order valence-corrected chi connectivity index (χ0v) is 8.23. The van der Waals surface area contributed by atoms with Gasteiger partial charge in [0, 0.05) is 11.7 Å². The van der Waals surface area contributed by atoms with E-state index in [0.29, 0.717) is 0 Å². The summed E-state index contributed by atoms with van der Waals surface area (Å²) in [6.07, 6.45) is -1.20. The zero-order valence-electron chi connectivity index (χ0n) is 8.23. The van der Waals surface area contributed by atoms with Crippen LogP contribution in [0.1, 0.15) is 25.3 Å². The number of nitrogens with one attached hydrogen (secondary N) is 1. The number of nitrogens with zero attached hydrogens (tertiary/aromatic N) is 1. The van der Waals surface area contributed by atoms with Crippen molar-refractivity contribution in [3.63, 3.8) is 0 Å². The van der Waals surface area contributed by atoms with Gasteiger partial charge in [0.2, 0.25) is 0 Å². The minimum Gasteiger partial charge on any atom is -0.364 e. The molecule has 0 saturated heterocycles. The lowest BCUT2D eigenvalue weighted by atomic mass is 10.2. The predicted molar refractivity (Wildman–Crippen MR) is 50.5 cm³/mol. The van der Waals surface area contributed by atoms with Crippen LogP contribution in [0, 0.1) is 0 Å². The molecule has 1 fully saturated rings. The molecule has 1 saturated carbocycles. The summed E-state index contributed by atoms with van der Waals surface area (Å²) < 4.78 is 37.7. The van der Waals surface area contributed by atoms with Gasteiger partial charge in [-0.2, -0.15) is 13.2 Å². The second-order valence-electron chi connectivity index (χ2n) is 4.08. The highest BCUT2D eigenvalue weighted by Crippen LogP contribution is 2.41. The van der Waals surface area contributed by atoms with E-state index in [9.17, 15) is 13.2 Å². The van der Waals surface area contributed by atoms with Gasteiger partial charge >= 0.3 is 6.18 Å². The standard InChI is InChI=1S/C10H11F3N2/c1-9(4-5-9)15-8-7(10(11,12)13)3-2-6-14-8/h2-3,6H,4-5H2,1H3,(H,14,15). The number of hydrogen-bond acceptors (Lipinski definition) is 2. The summed E-state index contributed by atoms with van der Waals surface area (Å²) in [7, 11) is 0. The first-order valence-electron chi connectivity index (χ1n) is 4.71. The topological polar surface area (TPSA) is 24.9 Å². The highest BCUT2D eigenvalue weighted by atomic mass is 19.4. The summed E-state index contributed by atoms with van der Waals surface area (Å²) in [5.41, 5.74) is -0.896. The van der Waals surface area contributed by atoms with E-state index in [-0.39, 0.29) is 11.4 Å². The van der Waals surface area contributed by atoms with Gasteiger partial charge in [-0.25, -0.2) is 4.98 Å². The molecule has 1 aliphatic carbocycles. The number of anilines is 1. The van der Waals surface area contributed by atoms with Crippen LogP contribution in [0.5, 0.6) is 0 Å². The molecule has 0 aromatic carbocycles. The number of aromatic nitrogens is 1. The molecule has 82 valence electrons. The smallest absolute Gasteiger partial charge is 0.364 e. The number of alkyl halides is 3. The number of hydrogen-bond donors (Lipinski definition) is 1. The van der Waals surface area contributed by atoms with Crippen LogP contribution in [0.15, 0.2) is 18.3 Å². The number of rotatable bonds is 2. The van der Waals surface area contributed by atoms with E-state index in [1.165, 1.54) is 12.3 Å². The summed E-state index contributed by atoms with van der Waals surface area (Å²) >= 11 is 0. The van der Waals surface area contributed by atoms with E-state index in [1.54, 1.807) is 0 Å². The van der Waals surface area contributed by atoms with Crippen molar-refractivity contribution in [1.29, 1.82) is 0 Å². The summed E-state index contributed by atoms with van der Waals surface area (Å²) in [6, 6.07) is 2.34. The van der Waals surface area contributed by atoms with Gasteiger partial charge in [-0.1, -0.05) is 0 Å². The minimum absolute atomic E-state index is 0.0648. The first-order chi connectivity index (χ1) is 6.91. The van der Waals surface area contributed by atoms with Crippen LogP contribution >= 0.6 is 0 Å². The highest BCUT2D eigenvalue weighted by Gasteiger charge is 2.41. The highest BCUT2D eigenvalue weighted by molar-refractivity contribution is 5.48. The maximum Gasteiger partial charge on any atom is 0.419 e. The van der Waals surface area contributed by atoms with Crippen LogP contribution in [-0.4, -0.2) is 10.5 Å². The van der Waals surface area contributed by atoms with Crippen molar-refractivity contribution >= 4 is 5.82 Å². The molecule has 0 unspecified atom stereocenters. The molecule has 2 nitrogen and oxygen atoms in total. The third kappa shape index (κ3) is 2.22. The molecule has 1 aliphatic rings. The zero-order chi connectivity index (χ0) is 11.1. The molecule has 0 amide bonds. The number of pyridine rings is 1. The van der Waals surface area contributed by atoms with E-state index in [1.807, 2.05) is 6.92 Å². The maximum atomic E-state index is 12.6. The van der Waals surface area contributed by atoms with E-state index >= 15 is 0 Å². The Balaban J connectivity index is 2.30. The fourth-order valence-corrected chi connectivity index (χ4v) is 1.33. The molecule has 5 heteroatoms. The van der Waals surface area contributed by atoms with E-state index in [0.717, 1.165) is 18.9 Å². The molecule has 2 rings (SSSR count). The Kier molecular flexibility index (Phi) is 2.13. The number of halogens is 3. The van der Waals surface area contributed by atoms with Crippen LogP contribution < -0.4 is 5.32 Å². The maximum absolute atomic E-state index is 12.6. The minimum atomic E-state index is -4.35. The van der Waals surface area contributed by atoms with Gasteiger partial charge in [0.05, 0.1) is 5.56 Å². The Morgan fingerprint density at radius 3 is 2.60 bits per heavy atom. The molecule has 0 spiro atoms. The molecule has 0 bridgehead atoms. The third-order valence-corrected chi connectivity index (χ3v) is 2.53. The molecular weight excluding hydrogens is 205 g/mol. The lowest BCUT2D eigenvalue weighted by Gasteiger charge is -2.16. The largest absolute Gasteiger partial charge is 0.419 e. The fourth-order valence-electron chi connectivity index (χ4n) is 1.33. The van der Waals surface area contributed by atoms with Crippen LogP contribution in [0.4, 0.5) is 19.0 Å². The Morgan fingerprint density at radius 2 is 2.07 bits per heavy atom. The molecule has 0 radical (unpaired) electrons. The Hall–Kier alpha value is -1.26. The average Bonchev–Trinajstić information content (AvgIpc) is 2.82. The van der Waals surface area contributed by atoms with Crippen molar-refractivity contribution in [2.75, 3.05) is 5.32 Å². The van der Waals surface area contributed by atoms with Gasteiger partial charge in [0.25, 0.3) is 0 Å². The van der Waals surface area contributed by atoms with Crippen molar-refractivity contribution in [2.45, 2.75) is 31.5 Å². The molecule has 1 heterocycles. The summed E-state index contributed by atoms with van der Waals surface area (Å²) in [6.45, 7) is 1.89. The lowest BCUT2D eigenvalue weighted by Crippen LogP contribution is -2.20. The van der Waals surface area contributed by atoms with Gasteiger partial charge in [-0.3, -0.25) is 0 Å². The van der Waals surface area contributed by atoms with Crippen molar-refractivity contribution in [1.82, 2.24) is 4.98 Å². The van der Waals surface area contributed by atoms with Crippen molar-refractivity contribution in [3.8, 4) is 0 Å². The average molecular weight is 216 g/mol. The Labute approximate surface area is 85.5 Å². The van der Waals surface area contributed by atoms with Crippen LogP contribution in [-0.2, 0) is 6.18 Å². The van der Waals surface area contributed by atoms with Gasteiger partial charge in [-0.05, 0) is 31.9 Å². The van der Waals surface area contributed by atoms with Crippen molar-refractivity contribution in [3.05, 3.63) is 23.9 Å². The van der Waals surface area contributed by atoms with Gasteiger partial charge in [-0.15, -0.1) is 0 Å². The van der Waals surface area contributed by atoms with Crippen molar-refractivity contribution in [2.24, 2.45) is 0 Å². The van der Waals surface area contributed by atoms with Crippen LogP contribution in [0.25, 0.3) is 0 Å². The fraction of sp³-hybridized carbons (Fsp3) is 0.500. The summed E-state index contributed by atoms with van der Waals surface area (Å²) in [5, 5.41) is 2.84. The van der Waals surface area contributed by atoms with Gasteiger partial charge in [0.15, 0.2) is 0 Å². The summed E-state index contributed by atoms with van der Waals surface area (Å²) in [5.74, 6) is -0.0648. The molecule has 1 aromatic rings. The molecule has 1 N–H and O–H groups in total. The van der Waals surface area contributed by atoms with E-state index in [2.05, 4.69) is 10.3 Å². The van der Waals surface area contributed by atoms with Crippen molar-refractivity contribution < 1.29 is 13.2 Å². The molecule has 15 heavy (non-hydrogen) atoms. The molecule has 0 atom stereocenters. The Bertz CT molecular complexity index is 369. The monoisotopic (exact) mass is 216 g/mol. The van der Waals surface area contributed by atoms with Crippen LogP contribution in [0.2, 0.25) is 0 Å². The molecular formula is C10H11F3N2. The lowest BCUT2D eigenvalue weighted by molar-refractivity contribution is -0.137. The third-order valence-electron chi connectivity index (χ3n) is 2.53. The SMILES string of the molecule is CC1(Nc2ncccc2C(F)(F)F)CC1. The first kappa shape index (κ1) is 10.3. The van der Waals surface area contributed by atoms with Crippen LogP contribution in [0.3, 0.4) is 0 Å². The Morgan fingerprint density at radius 1 is 1.40 bits per heavy atom. The van der Waals surface area contributed by atoms with E-state index in [4.69, 9.17) is 0 Å². The molecule has 0 aliphatic heterocycles. The predicted octanol–water partition coefficient (Wildman–Crippen LogP) is 3.06. The first-order valence-corrected chi connectivity index (χ1v) is 4.71. The van der Waals surface area contributed by atoms with E-state index < -0.39 is 11.7 Å². The molecule has 1 aromatic heterocycles. The van der Waals surface area contributed by atoms with Gasteiger partial charge in [0.1, 0.15) is 5.82 Å². The summed E-state index contributed by atoms with van der Waals surface area (Å²) in [4.78, 5) is 3.74.